The predicted octanol–water partition coefficient (Wildman–Crippen LogP) is 5.54. The maximum atomic E-state index is 14.0. The van der Waals surface area contributed by atoms with E-state index in [1.54, 1.807) is 0 Å². The SMILES string of the molecule is N/C(=N\O)c1cc(Cl)cc(-c2cc(F)c(O)c(Cl)c2)c1-c1cc(F)cc(F)c1. The molecule has 9 heteroatoms. The zero-order valence-corrected chi connectivity index (χ0v) is 15.4. The van der Waals surface area contributed by atoms with Gasteiger partial charge in [-0.2, -0.15) is 0 Å². The Morgan fingerprint density at radius 1 is 0.893 bits per heavy atom. The first-order valence-corrected chi connectivity index (χ1v) is 8.43. The fourth-order valence-electron chi connectivity index (χ4n) is 2.82. The van der Waals surface area contributed by atoms with Crippen molar-refractivity contribution in [2.45, 2.75) is 0 Å². The van der Waals surface area contributed by atoms with Gasteiger partial charge in [0.2, 0.25) is 0 Å². The van der Waals surface area contributed by atoms with Gasteiger partial charge in [0.05, 0.1) is 5.02 Å². The molecule has 0 saturated carbocycles. The van der Waals surface area contributed by atoms with Crippen LogP contribution in [-0.4, -0.2) is 16.1 Å². The molecule has 0 fully saturated rings. The highest BCUT2D eigenvalue weighted by molar-refractivity contribution is 6.33. The Bertz CT molecular complexity index is 1080. The number of phenols is 1. The lowest BCUT2D eigenvalue weighted by molar-refractivity contribution is 0.318. The average Bonchev–Trinajstić information content (AvgIpc) is 2.63. The van der Waals surface area contributed by atoms with Crippen molar-refractivity contribution in [3.63, 3.8) is 0 Å². The van der Waals surface area contributed by atoms with Gasteiger partial charge in [0.15, 0.2) is 17.4 Å². The molecule has 0 bridgehead atoms. The zero-order valence-electron chi connectivity index (χ0n) is 13.9. The minimum absolute atomic E-state index is 0.0374. The molecule has 0 aromatic heterocycles. The van der Waals surface area contributed by atoms with E-state index in [1.165, 1.54) is 18.2 Å². The molecule has 0 radical (unpaired) electrons. The van der Waals surface area contributed by atoms with E-state index in [-0.39, 0.29) is 43.7 Å². The number of benzene rings is 3. The van der Waals surface area contributed by atoms with E-state index < -0.39 is 23.2 Å². The molecule has 0 saturated heterocycles. The van der Waals surface area contributed by atoms with Crippen molar-refractivity contribution >= 4 is 29.0 Å². The van der Waals surface area contributed by atoms with Gasteiger partial charge in [0.1, 0.15) is 11.6 Å². The minimum atomic E-state index is -1.01. The molecule has 0 aliphatic carbocycles. The largest absolute Gasteiger partial charge is 0.504 e. The highest BCUT2D eigenvalue weighted by atomic mass is 35.5. The molecule has 0 amide bonds. The first-order valence-electron chi connectivity index (χ1n) is 7.67. The van der Waals surface area contributed by atoms with Crippen LogP contribution in [0.2, 0.25) is 10.0 Å². The number of rotatable bonds is 3. The van der Waals surface area contributed by atoms with Crippen LogP contribution in [0.1, 0.15) is 5.56 Å². The van der Waals surface area contributed by atoms with Crippen molar-refractivity contribution in [3.05, 3.63) is 75.5 Å². The number of halogens is 5. The first kappa shape index (κ1) is 19.9. The molecule has 0 atom stereocenters. The molecule has 0 heterocycles. The number of aromatic hydroxyl groups is 1. The van der Waals surface area contributed by atoms with E-state index in [2.05, 4.69) is 5.16 Å². The van der Waals surface area contributed by atoms with Crippen molar-refractivity contribution in [1.29, 1.82) is 0 Å². The molecule has 144 valence electrons. The van der Waals surface area contributed by atoms with E-state index in [9.17, 15) is 18.3 Å². The Labute approximate surface area is 167 Å². The monoisotopic (exact) mass is 426 g/mol. The Kier molecular flexibility index (Phi) is 5.40. The number of amidine groups is 1. The molecule has 3 aromatic carbocycles. The van der Waals surface area contributed by atoms with E-state index >= 15 is 0 Å². The lowest BCUT2D eigenvalue weighted by Crippen LogP contribution is -2.15. The second-order valence-corrected chi connectivity index (χ2v) is 6.65. The van der Waals surface area contributed by atoms with E-state index in [4.69, 9.17) is 34.1 Å². The third-order valence-electron chi connectivity index (χ3n) is 3.97. The van der Waals surface area contributed by atoms with Crippen LogP contribution in [0.25, 0.3) is 22.3 Å². The number of hydrogen-bond acceptors (Lipinski definition) is 3. The van der Waals surface area contributed by atoms with Crippen LogP contribution < -0.4 is 5.73 Å². The van der Waals surface area contributed by atoms with Gasteiger partial charge in [0, 0.05) is 22.2 Å². The molecular weight excluding hydrogens is 416 g/mol. The summed E-state index contributed by atoms with van der Waals surface area (Å²) < 4.78 is 41.7. The maximum absolute atomic E-state index is 14.0. The number of hydrogen-bond donors (Lipinski definition) is 3. The van der Waals surface area contributed by atoms with Crippen LogP contribution in [0.15, 0.2) is 47.6 Å². The van der Waals surface area contributed by atoms with Crippen molar-refractivity contribution in [3.8, 4) is 28.0 Å². The van der Waals surface area contributed by atoms with Crippen molar-refractivity contribution in [2.24, 2.45) is 10.9 Å². The van der Waals surface area contributed by atoms with E-state index in [0.717, 1.165) is 18.2 Å². The Hall–Kier alpha value is -2.90. The smallest absolute Gasteiger partial charge is 0.170 e. The summed E-state index contributed by atoms with van der Waals surface area (Å²) in [6.07, 6.45) is 0. The fraction of sp³-hybridized carbons (Fsp3) is 0. The highest BCUT2D eigenvalue weighted by Gasteiger charge is 2.20. The van der Waals surface area contributed by atoms with Crippen LogP contribution in [0.3, 0.4) is 0 Å². The van der Waals surface area contributed by atoms with Gasteiger partial charge in [-0.3, -0.25) is 0 Å². The summed E-state index contributed by atoms with van der Waals surface area (Å²) >= 11 is 12.0. The van der Waals surface area contributed by atoms with Crippen LogP contribution in [0.5, 0.6) is 5.75 Å². The Balaban J connectivity index is 2.44. The van der Waals surface area contributed by atoms with Gasteiger partial charge < -0.3 is 16.0 Å². The Morgan fingerprint density at radius 3 is 2.11 bits per heavy atom. The van der Waals surface area contributed by atoms with Gasteiger partial charge in [-0.25, -0.2) is 13.2 Å². The van der Waals surface area contributed by atoms with Crippen LogP contribution in [0, 0.1) is 17.5 Å². The van der Waals surface area contributed by atoms with Crippen LogP contribution >= 0.6 is 23.2 Å². The summed E-state index contributed by atoms with van der Waals surface area (Å²) in [5.41, 5.74) is 6.28. The summed E-state index contributed by atoms with van der Waals surface area (Å²) in [4.78, 5) is 0. The summed E-state index contributed by atoms with van der Waals surface area (Å²) in [6.45, 7) is 0. The van der Waals surface area contributed by atoms with Crippen molar-refractivity contribution in [1.82, 2.24) is 0 Å². The fourth-order valence-corrected chi connectivity index (χ4v) is 3.25. The summed E-state index contributed by atoms with van der Waals surface area (Å²) in [6, 6.07) is 7.69. The highest BCUT2D eigenvalue weighted by Crippen LogP contribution is 2.41. The summed E-state index contributed by atoms with van der Waals surface area (Å²) in [5, 5.41) is 21.4. The normalized spacial score (nSPS) is 11.7. The molecule has 4 nitrogen and oxygen atoms in total. The molecule has 3 aromatic rings. The van der Waals surface area contributed by atoms with Gasteiger partial charge in [0.25, 0.3) is 0 Å². The third kappa shape index (κ3) is 3.72. The standard InChI is InChI=1S/C19H11Cl2F3N2O2/c20-10-5-13(8-3-15(21)18(27)16(24)4-8)17(14(6-10)19(25)26-28)9-1-11(22)7-12(23)2-9/h1-7,27-28H,(H2,25,26). The number of nitrogens with two attached hydrogens (primary N) is 1. The molecule has 28 heavy (non-hydrogen) atoms. The molecule has 0 aliphatic rings. The molecule has 0 spiro atoms. The molecular formula is C19H11Cl2F3N2O2. The van der Waals surface area contributed by atoms with E-state index in [0.29, 0.717) is 6.07 Å². The first-order chi connectivity index (χ1) is 13.2. The van der Waals surface area contributed by atoms with Crippen LogP contribution in [-0.2, 0) is 0 Å². The lowest BCUT2D eigenvalue weighted by atomic mass is 9.89. The molecule has 3 rings (SSSR count). The van der Waals surface area contributed by atoms with Gasteiger partial charge in [-0.15, -0.1) is 0 Å². The second kappa shape index (κ2) is 7.61. The molecule has 0 aliphatic heterocycles. The lowest BCUT2D eigenvalue weighted by Gasteiger charge is -2.17. The average molecular weight is 427 g/mol. The second-order valence-electron chi connectivity index (χ2n) is 5.81. The third-order valence-corrected chi connectivity index (χ3v) is 4.47. The van der Waals surface area contributed by atoms with E-state index in [1.807, 2.05) is 0 Å². The number of phenolic OH excluding ortho intramolecular Hbond substituents is 1. The van der Waals surface area contributed by atoms with Crippen molar-refractivity contribution < 1.29 is 23.5 Å². The van der Waals surface area contributed by atoms with Gasteiger partial charge in [-0.05, 0) is 53.1 Å². The van der Waals surface area contributed by atoms with Crippen molar-refractivity contribution in [2.75, 3.05) is 0 Å². The quantitative estimate of drug-likeness (QED) is 0.222. The summed E-state index contributed by atoms with van der Waals surface area (Å²) in [5.74, 6) is -3.87. The van der Waals surface area contributed by atoms with Gasteiger partial charge in [-0.1, -0.05) is 28.4 Å². The minimum Gasteiger partial charge on any atom is -0.504 e. The topological polar surface area (TPSA) is 78.8 Å². The summed E-state index contributed by atoms with van der Waals surface area (Å²) in [7, 11) is 0. The number of nitrogens with zero attached hydrogens (tertiary/aromatic N) is 1. The molecule has 4 N–H and O–H groups in total. The maximum Gasteiger partial charge on any atom is 0.170 e. The zero-order chi connectivity index (χ0) is 20.6. The Morgan fingerprint density at radius 2 is 1.54 bits per heavy atom. The van der Waals surface area contributed by atoms with Gasteiger partial charge >= 0.3 is 0 Å². The number of oxime groups is 1. The molecule has 0 unspecified atom stereocenters. The predicted molar refractivity (Wildman–Crippen MR) is 101 cm³/mol. The van der Waals surface area contributed by atoms with Crippen LogP contribution in [0.4, 0.5) is 13.2 Å².